The smallest absolute Gasteiger partial charge is 0.226 e. The molecule has 4 heterocycles. The number of carbonyl (C=O) groups is 1. The van der Waals surface area contributed by atoms with Gasteiger partial charge in [0.2, 0.25) is 5.91 Å². The van der Waals surface area contributed by atoms with E-state index in [1.54, 1.807) is 30.7 Å². The van der Waals surface area contributed by atoms with E-state index in [0.29, 0.717) is 17.3 Å². The number of aromatic nitrogens is 3. The first-order chi connectivity index (χ1) is 18.4. The van der Waals surface area contributed by atoms with Gasteiger partial charge in [0, 0.05) is 55.2 Å². The molecule has 1 fully saturated rings. The Labute approximate surface area is 226 Å². The van der Waals surface area contributed by atoms with Crippen molar-refractivity contribution >= 4 is 28.9 Å². The lowest BCUT2D eigenvalue weighted by atomic mass is 9.96. The molecule has 9 heteroatoms. The van der Waals surface area contributed by atoms with Gasteiger partial charge in [-0.05, 0) is 91.8 Å². The van der Waals surface area contributed by atoms with Gasteiger partial charge < -0.3 is 20.1 Å². The Bertz CT molecular complexity index is 1420. The van der Waals surface area contributed by atoms with E-state index in [0.717, 1.165) is 29.2 Å². The third kappa shape index (κ3) is 5.43. The zero-order valence-electron chi connectivity index (χ0n) is 21.3. The van der Waals surface area contributed by atoms with Crippen LogP contribution in [0.4, 0.5) is 10.1 Å². The minimum atomic E-state index is -0.346. The molecule has 0 saturated carbocycles. The van der Waals surface area contributed by atoms with E-state index in [4.69, 9.17) is 12.2 Å². The van der Waals surface area contributed by atoms with Crippen molar-refractivity contribution in [2.45, 2.75) is 38.9 Å². The van der Waals surface area contributed by atoms with Crippen LogP contribution in [0.2, 0.25) is 0 Å². The number of pyridine rings is 2. The summed E-state index contributed by atoms with van der Waals surface area (Å²) in [5, 5.41) is 6.88. The summed E-state index contributed by atoms with van der Waals surface area (Å²) >= 11 is 5.78. The van der Waals surface area contributed by atoms with Crippen molar-refractivity contribution in [3.05, 3.63) is 113 Å². The van der Waals surface area contributed by atoms with E-state index >= 15 is 0 Å². The molecule has 4 aromatic rings. The van der Waals surface area contributed by atoms with Crippen LogP contribution in [0.1, 0.15) is 46.7 Å². The standard InChI is InChI=1S/C29H29FN6OS/c1-19-17-24(20(2)36(19)18-21-10-14-31-15-11-21)28-27(25-5-3-4-13-32-25)34-29(38)35(28)16-12-26(37)33-23-8-6-22(30)7-9-23/h3-11,13-15,17,27-28H,12,16,18H2,1-2H3,(H,33,37)(H,34,38)/t27-,28+/m1/s1. The summed E-state index contributed by atoms with van der Waals surface area (Å²) in [5.41, 5.74) is 6.03. The molecule has 2 N–H and O–H groups in total. The number of halogens is 1. The number of benzene rings is 1. The van der Waals surface area contributed by atoms with Crippen molar-refractivity contribution in [1.82, 2.24) is 24.8 Å². The van der Waals surface area contributed by atoms with Crippen molar-refractivity contribution in [3.63, 3.8) is 0 Å². The summed E-state index contributed by atoms with van der Waals surface area (Å²) in [5.74, 6) is -0.510. The number of hydrogen-bond acceptors (Lipinski definition) is 4. The van der Waals surface area contributed by atoms with Gasteiger partial charge in [-0.3, -0.25) is 14.8 Å². The highest BCUT2D eigenvalue weighted by molar-refractivity contribution is 7.80. The van der Waals surface area contributed by atoms with Gasteiger partial charge in [-0.2, -0.15) is 0 Å². The number of thiocarbonyl (C=S) groups is 1. The lowest BCUT2D eigenvalue weighted by Gasteiger charge is -2.28. The van der Waals surface area contributed by atoms with E-state index in [1.807, 2.05) is 30.3 Å². The van der Waals surface area contributed by atoms with Gasteiger partial charge in [-0.15, -0.1) is 0 Å². The Balaban J connectivity index is 1.42. The number of carbonyl (C=O) groups excluding carboxylic acids is 1. The van der Waals surface area contributed by atoms with E-state index in [2.05, 4.69) is 50.0 Å². The monoisotopic (exact) mass is 528 g/mol. The number of hydrogen-bond donors (Lipinski definition) is 2. The zero-order chi connectivity index (χ0) is 26.6. The van der Waals surface area contributed by atoms with Crippen molar-refractivity contribution < 1.29 is 9.18 Å². The van der Waals surface area contributed by atoms with Crippen LogP contribution in [0.15, 0.2) is 79.3 Å². The van der Waals surface area contributed by atoms with Crippen molar-refractivity contribution in [2.75, 3.05) is 11.9 Å². The maximum atomic E-state index is 13.2. The SMILES string of the molecule is Cc1cc([C@H]2[C@@H](c3ccccn3)NC(=S)N2CCC(=O)Nc2ccc(F)cc2)c(C)n1Cc1ccncc1. The quantitative estimate of drug-likeness (QED) is 0.311. The molecule has 0 spiro atoms. The van der Waals surface area contributed by atoms with Crippen LogP contribution < -0.4 is 10.6 Å². The summed E-state index contributed by atoms with van der Waals surface area (Å²) in [6, 6.07) is 17.5. The molecule has 0 radical (unpaired) electrons. The highest BCUT2D eigenvalue weighted by atomic mass is 32.1. The molecule has 0 bridgehead atoms. The molecule has 1 amide bonds. The molecule has 1 aromatic carbocycles. The summed E-state index contributed by atoms with van der Waals surface area (Å²) in [4.78, 5) is 23.6. The lowest BCUT2D eigenvalue weighted by molar-refractivity contribution is -0.116. The van der Waals surface area contributed by atoms with Gasteiger partial charge in [-0.25, -0.2) is 4.39 Å². The van der Waals surface area contributed by atoms with Crippen LogP contribution >= 0.6 is 12.2 Å². The molecule has 3 aromatic heterocycles. The van der Waals surface area contributed by atoms with Gasteiger partial charge >= 0.3 is 0 Å². The molecule has 0 unspecified atom stereocenters. The number of anilines is 1. The Morgan fingerprint density at radius 1 is 1.08 bits per heavy atom. The number of rotatable bonds is 8. The van der Waals surface area contributed by atoms with Gasteiger partial charge in [0.15, 0.2) is 5.11 Å². The molecule has 1 saturated heterocycles. The fraction of sp³-hybridized carbons (Fsp3) is 0.241. The average Bonchev–Trinajstić information content (AvgIpc) is 3.40. The summed E-state index contributed by atoms with van der Waals surface area (Å²) in [6.07, 6.45) is 5.61. The molecule has 0 aliphatic carbocycles. The predicted molar refractivity (Wildman–Crippen MR) is 149 cm³/mol. The maximum Gasteiger partial charge on any atom is 0.226 e. The Morgan fingerprint density at radius 3 is 2.55 bits per heavy atom. The first kappa shape index (κ1) is 25.5. The highest BCUT2D eigenvalue weighted by Crippen LogP contribution is 2.41. The largest absolute Gasteiger partial charge is 0.352 e. The first-order valence-electron chi connectivity index (χ1n) is 12.5. The molecule has 194 valence electrons. The van der Waals surface area contributed by atoms with E-state index < -0.39 is 0 Å². The van der Waals surface area contributed by atoms with E-state index in [-0.39, 0.29) is 30.2 Å². The summed E-state index contributed by atoms with van der Waals surface area (Å²) < 4.78 is 15.5. The van der Waals surface area contributed by atoms with Crippen molar-refractivity contribution in [1.29, 1.82) is 0 Å². The van der Waals surface area contributed by atoms with E-state index in [1.165, 1.54) is 17.7 Å². The van der Waals surface area contributed by atoms with Crippen LogP contribution in [0.5, 0.6) is 0 Å². The minimum Gasteiger partial charge on any atom is -0.352 e. The Hall–Kier alpha value is -4.11. The highest BCUT2D eigenvalue weighted by Gasteiger charge is 2.41. The van der Waals surface area contributed by atoms with Crippen molar-refractivity contribution in [3.8, 4) is 0 Å². The number of nitrogens with zero attached hydrogens (tertiary/aromatic N) is 4. The Kier molecular flexibility index (Phi) is 7.46. The van der Waals surface area contributed by atoms with Crippen LogP contribution in [0.25, 0.3) is 0 Å². The second-order valence-corrected chi connectivity index (χ2v) is 9.78. The molecule has 1 aliphatic heterocycles. The third-order valence-corrected chi connectivity index (χ3v) is 7.28. The molecular formula is C29H29FN6OS. The van der Waals surface area contributed by atoms with Gasteiger partial charge in [0.25, 0.3) is 0 Å². The van der Waals surface area contributed by atoms with Crippen LogP contribution in [-0.2, 0) is 11.3 Å². The molecule has 7 nitrogen and oxygen atoms in total. The normalized spacial score (nSPS) is 16.9. The first-order valence-corrected chi connectivity index (χ1v) is 12.9. The number of nitrogens with one attached hydrogen (secondary N) is 2. The minimum absolute atomic E-state index is 0.145. The van der Waals surface area contributed by atoms with Gasteiger partial charge in [0.05, 0.1) is 17.8 Å². The van der Waals surface area contributed by atoms with Gasteiger partial charge in [0.1, 0.15) is 5.82 Å². The van der Waals surface area contributed by atoms with Crippen LogP contribution in [0.3, 0.4) is 0 Å². The summed E-state index contributed by atoms with van der Waals surface area (Å²) in [7, 11) is 0. The number of aryl methyl sites for hydroxylation is 1. The number of amides is 1. The van der Waals surface area contributed by atoms with Crippen LogP contribution in [0, 0.1) is 19.7 Å². The lowest BCUT2D eigenvalue weighted by Crippen LogP contribution is -2.33. The van der Waals surface area contributed by atoms with Crippen molar-refractivity contribution in [2.24, 2.45) is 0 Å². The second-order valence-electron chi connectivity index (χ2n) is 9.39. The molecule has 38 heavy (non-hydrogen) atoms. The van der Waals surface area contributed by atoms with Crippen LogP contribution in [-0.4, -0.2) is 37.0 Å². The average molecular weight is 529 g/mol. The maximum absolute atomic E-state index is 13.2. The summed E-state index contributed by atoms with van der Waals surface area (Å²) in [6.45, 7) is 5.38. The molecule has 5 rings (SSSR count). The fourth-order valence-electron chi connectivity index (χ4n) is 5.00. The predicted octanol–water partition coefficient (Wildman–Crippen LogP) is 5.08. The topological polar surface area (TPSA) is 75.1 Å². The molecule has 2 atom stereocenters. The molecular weight excluding hydrogens is 499 g/mol. The van der Waals surface area contributed by atoms with E-state index in [9.17, 15) is 9.18 Å². The van der Waals surface area contributed by atoms with Gasteiger partial charge in [-0.1, -0.05) is 6.07 Å². The fourth-order valence-corrected chi connectivity index (χ4v) is 5.34. The zero-order valence-corrected chi connectivity index (χ0v) is 22.1. The third-order valence-electron chi connectivity index (χ3n) is 6.93. The molecule has 1 aliphatic rings. The second kappa shape index (κ2) is 11.1. The Morgan fingerprint density at radius 2 is 1.84 bits per heavy atom.